The Morgan fingerprint density at radius 3 is 2.48 bits per heavy atom. The number of fused-ring (bicyclic) bond motifs is 2. The predicted octanol–water partition coefficient (Wildman–Crippen LogP) is 2.13. The van der Waals surface area contributed by atoms with Crippen molar-refractivity contribution in [1.82, 2.24) is 10.6 Å². The molecule has 31 heavy (non-hydrogen) atoms. The summed E-state index contributed by atoms with van der Waals surface area (Å²) in [4.78, 5) is 37.2. The third kappa shape index (κ3) is 3.54. The van der Waals surface area contributed by atoms with Gasteiger partial charge in [0.1, 0.15) is 5.75 Å². The number of phenolic OH excluding ortho intramolecular Hbond substituents is 1. The molecule has 0 heterocycles. The Balaban J connectivity index is 1.52. The number of nitro groups is 1. The molecule has 4 rings (SSSR count). The number of hydrogen-bond acceptors (Lipinski definition) is 5. The van der Waals surface area contributed by atoms with Crippen LogP contribution in [0, 0.1) is 22.0 Å². The standard InChI is InChI=1S/C23H23N3O5/c27-19-9-5-4-8-18(19)21-16-10-11-17(12-16)23(21,26(30)31)22(29)25-14-20(28)24-13-15-6-2-1-3-7-15/h1-11,16-17,21,27H,12-14H2,(H,24,28)(H,25,29)/t16-,17+,21-,23+/m0/s1. The van der Waals surface area contributed by atoms with Gasteiger partial charge in [0.05, 0.1) is 18.4 Å². The number of aromatic hydroxyl groups is 1. The van der Waals surface area contributed by atoms with E-state index in [1.807, 2.05) is 36.4 Å². The topological polar surface area (TPSA) is 122 Å². The van der Waals surface area contributed by atoms with E-state index in [1.54, 1.807) is 24.3 Å². The maximum Gasteiger partial charge on any atom is 0.312 e. The maximum absolute atomic E-state index is 13.2. The Morgan fingerprint density at radius 2 is 1.77 bits per heavy atom. The van der Waals surface area contributed by atoms with E-state index in [2.05, 4.69) is 10.6 Å². The minimum atomic E-state index is -1.97. The maximum atomic E-state index is 13.2. The number of carbonyl (C=O) groups is 2. The average molecular weight is 421 g/mol. The summed E-state index contributed by atoms with van der Waals surface area (Å²) < 4.78 is 0. The molecule has 2 aromatic rings. The SMILES string of the molecule is O=C(CNC(=O)[C@@]1([N+](=O)[O-])[C@@H]2C=C[C@@H](C2)[C@H]1c1ccccc1O)NCc1ccccc1. The van der Waals surface area contributed by atoms with Gasteiger partial charge in [0.15, 0.2) is 0 Å². The number of carbonyl (C=O) groups excluding carboxylic acids is 2. The summed E-state index contributed by atoms with van der Waals surface area (Å²) in [5.41, 5.74) is -0.695. The summed E-state index contributed by atoms with van der Waals surface area (Å²) in [6.45, 7) is -0.0697. The van der Waals surface area contributed by atoms with Crippen molar-refractivity contribution in [2.24, 2.45) is 11.8 Å². The van der Waals surface area contributed by atoms with Gasteiger partial charge in [-0.05, 0) is 24.0 Å². The van der Waals surface area contributed by atoms with E-state index < -0.39 is 34.1 Å². The van der Waals surface area contributed by atoms with Crippen molar-refractivity contribution in [3.63, 3.8) is 0 Å². The molecule has 160 valence electrons. The van der Waals surface area contributed by atoms with E-state index in [-0.39, 0.29) is 18.2 Å². The van der Waals surface area contributed by atoms with Gasteiger partial charge in [0, 0.05) is 17.0 Å². The zero-order chi connectivity index (χ0) is 22.0. The van der Waals surface area contributed by atoms with Gasteiger partial charge < -0.3 is 15.7 Å². The molecule has 0 saturated heterocycles. The Hall–Kier alpha value is -3.68. The highest BCUT2D eigenvalue weighted by Crippen LogP contribution is 2.58. The molecule has 1 fully saturated rings. The molecule has 2 amide bonds. The zero-order valence-corrected chi connectivity index (χ0v) is 16.7. The predicted molar refractivity (Wildman–Crippen MR) is 113 cm³/mol. The lowest BCUT2D eigenvalue weighted by Gasteiger charge is -2.33. The number of nitrogens with zero attached hydrogens (tertiary/aromatic N) is 1. The molecule has 2 aliphatic rings. The Labute approximate surface area is 179 Å². The minimum Gasteiger partial charge on any atom is -0.508 e. The van der Waals surface area contributed by atoms with Gasteiger partial charge in [-0.15, -0.1) is 0 Å². The summed E-state index contributed by atoms with van der Waals surface area (Å²) in [5.74, 6) is -2.98. The van der Waals surface area contributed by atoms with Crippen LogP contribution in [-0.2, 0) is 16.1 Å². The van der Waals surface area contributed by atoms with Crippen LogP contribution in [0.2, 0.25) is 0 Å². The number of phenols is 1. The molecular formula is C23H23N3O5. The molecule has 0 aromatic heterocycles. The van der Waals surface area contributed by atoms with Gasteiger partial charge in [0.25, 0.3) is 5.91 Å². The van der Waals surface area contributed by atoms with Crippen LogP contribution in [-0.4, -0.2) is 33.9 Å². The fraction of sp³-hybridized carbons (Fsp3) is 0.304. The fourth-order valence-corrected chi connectivity index (χ4v) is 4.88. The Morgan fingerprint density at radius 1 is 1.06 bits per heavy atom. The van der Waals surface area contributed by atoms with E-state index >= 15 is 0 Å². The summed E-state index contributed by atoms with van der Waals surface area (Å²) in [6, 6.07) is 15.7. The lowest BCUT2D eigenvalue weighted by Crippen LogP contribution is -2.59. The van der Waals surface area contributed by atoms with Crippen molar-refractivity contribution in [3.05, 3.63) is 88.0 Å². The first-order valence-corrected chi connectivity index (χ1v) is 10.1. The number of nitrogens with one attached hydrogen (secondary N) is 2. The molecule has 0 radical (unpaired) electrons. The molecule has 3 N–H and O–H groups in total. The van der Waals surface area contributed by atoms with Gasteiger partial charge in [-0.2, -0.15) is 0 Å². The second-order valence-corrected chi connectivity index (χ2v) is 7.95. The minimum absolute atomic E-state index is 0.0759. The van der Waals surface area contributed by atoms with E-state index in [0.717, 1.165) is 5.56 Å². The molecule has 0 aliphatic heterocycles. The molecule has 4 atom stereocenters. The Kier molecular flexibility index (Phi) is 5.46. The largest absolute Gasteiger partial charge is 0.508 e. The first kappa shape index (κ1) is 20.6. The lowest BCUT2D eigenvalue weighted by atomic mass is 9.71. The van der Waals surface area contributed by atoms with Crippen LogP contribution in [0.3, 0.4) is 0 Å². The highest BCUT2D eigenvalue weighted by Gasteiger charge is 2.70. The molecule has 0 unspecified atom stereocenters. The number of hydrogen-bond donors (Lipinski definition) is 3. The third-order valence-electron chi connectivity index (χ3n) is 6.26. The molecule has 8 heteroatoms. The quantitative estimate of drug-likeness (QED) is 0.359. The normalized spacial score (nSPS) is 25.9. The van der Waals surface area contributed by atoms with Crippen LogP contribution >= 0.6 is 0 Å². The summed E-state index contributed by atoms with van der Waals surface area (Å²) in [7, 11) is 0. The number of rotatable bonds is 7. The monoisotopic (exact) mass is 421 g/mol. The third-order valence-corrected chi connectivity index (χ3v) is 6.26. The van der Waals surface area contributed by atoms with Crippen molar-refractivity contribution in [2.45, 2.75) is 24.4 Å². The molecule has 2 bridgehead atoms. The second kappa shape index (κ2) is 8.22. The van der Waals surface area contributed by atoms with Crippen molar-refractivity contribution < 1.29 is 19.6 Å². The van der Waals surface area contributed by atoms with Gasteiger partial charge >= 0.3 is 5.54 Å². The number of allylic oxidation sites excluding steroid dienone is 1. The van der Waals surface area contributed by atoms with Crippen molar-refractivity contribution in [3.8, 4) is 5.75 Å². The van der Waals surface area contributed by atoms with Crippen LogP contribution < -0.4 is 10.6 Å². The summed E-state index contributed by atoms with van der Waals surface area (Å²) >= 11 is 0. The van der Waals surface area contributed by atoms with E-state index in [0.29, 0.717) is 18.5 Å². The van der Waals surface area contributed by atoms with Crippen LogP contribution in [0.4, 0.5) is 0 Å². The van der Waals surface area contributed by atoms with Crippen molar-refractivity contribution >= 4 is 11.8 Å². The van der Waals surface area contributed by atoms with Gasteiger partial charge in [-0.1, -0.05) is 60.7 Å². The molecule has 2 aliphatic carbocycles. The molecule has 8 nitrogen and oxygen atoms in total. The van der Waals surface area contributed by atoms with Crippen LogP contribution in [0.15, 0.2) is 66.7 Å². The van der Waals surface area contributed by atoms with E-state index in [9.17, 15) is 24.8 Å². The second-order valence-electron chi connectivity index (χ2n) is 7.95. The molecule has 2 aromatic carbocycles. The first-order chi connectivity index (χ1) is 14.9. The van der Waals surface area contributed by atoms with Crippen molar-refractivity contribution in [2.75, 3.05) is 6.54 Å². The smallest absolute Gasteiger partial charge is 0.312 e. The number of amides is 2. The van der Waals surface area contributed by atoms with Crippen LogP contribution in [0.1, 0.15) is 23.5 Å². The average Bonchev–Trinajstić information content (AvgIpc) is 3.37. The van der Waals surface area contributed by atoms with Crippen LogP contribution in [0.5, 0.6) is 5.75 Å². The van der Waals surface area contributed by atoms with Gasteiger partial charge in [-0.25, -0.2) is 0 Å². The summed E-state index contributed by atoms with van der Waals surface area (Å²) in [6.07, 6.45) is 4.04. The lowest BCUT2D eigenvalue weighted by molar-refractivity contribution is -0.561. The summed E-state index contributed by atoms with van der Waals surface area (Å²) in [5, 5.41) is 27.9. The fourth-order valence-electron chi connectivity index (χ4n) is 4.88. The number of benzene rings is 2. The van der Waals surface area contributed by atoms with E-state index in [1.165, 1.54) is 6.07 Å². The molecular weight excluding hydrogens is 398 g/mol. The number of para-hydroxylation sites is 1. The molecule has 1 saturated carbocycles. The highest BCUT2D eigenvalue weighted by atomic mass is 16.6. The highest BCUT2D eigenvalue weighted by molar-refractivity contribution is 5.91. The van der Waals surface area contributed by atoms with Gasteiger partial charge in [-0.3, -0.25) is 19.7 Å². The van der Waals surface area contributed by atoms with Crippen LogP contribution in [0.25, 0.3) is 0 Å². The molecule has 0 spiro atoms. The zero-order valence-electron chi connectivity index (χ0n) is 16.7. The first-order valence-electron chi connectivity index (χ1n) is 10.1. The Bertz CT molecular complexity index is 1040. The van der Waals surface area contributed by atoms with E-state index in [4.69, 9.17) is 0 Å². The van der Waals surface area contributed by atoms with Gasteiger partial charge in [0.2, 0.25) is 5.91 Å². The van der Waals surface area contributed by atoms with Crippen molar-refractivity contribution in [1.29, 1.82) is 0 Å².